The van der Waals surface area contributed by atoms with Gasteiger partial charge in [0.1, 0.15) is 25.3 Å². The molecule has 0 bridgehead atoms. The van der Waals surface area contributed by atoms with Crippen LogP contribution in [0.15, 0.2) is 16.6 Å². The number of nitrogens with one attached hydrogen (secondary N) is 1. The van der Waals surface area contributed by atoms with Crippen molar-refractivity contribution < 1.29 is 14.4 Å². The highest BCUT2D eigenvalue weighted by Crippen LogP contribution is 2.34. The first-order valence-corrected chi connectivity index (χ1v) is 8.70. The maximum atomic E-state index is 6.22. The van der Waals surface area contributed by atoms with Gasteiger partial charge in [-0.3, -0.25) is 0 Å². The van der Waals surface area contributed by atoms with E-state index >= 15 is 0 Å². The van der Waals surface area contributed by atoms with Crippen LogP contribution in [0, 0.1) is 6.92 Å². The molecule has 0 aromatic heterocycles. The Kier molecular flexibility index (Phi) is 6.35. The Bertz CT molecular complexity index is 450. The number of benzene rings is 1. The first kappa shape index (κ1) is 17.1. The zero-order chi connectivity index (χ0) is 15.4. The van der Waals surface area contributed by atoms with Crippen LogP contribution >= 0.6 is 27.5 Å². The van der Waals surface area contributed by atoms with E-state index in [2.05, 4.69) is 29.8 Å². The monoisotopic (exact) mass is 376 g/mol. The molecule has 1 aromatic rings. The molecule has 0 spiro atoms. The zero-order valence-electron chi connectivity index (χ0n) is 12.9. The molecule has 21 heavy (non-hydrogen) atoms. The van der Waals surface area contributed by atoms with Gasteiger partial charge in [0.05, 0.1) is 22.6 Å². The molecule has 1 aromatic carbocycles. The Morgan fingerprint density at radius 1 is 1.33 bits per heavy atom. The molecule has 0 unspecified atom stereocenters. The Morgan fingerprint density at radius 2 is 2.00 bits per heavy atom. The molecule has 1 aliphatic heterocycles. The smallest absolute Gasteiger partial charge is 0.152 e. The average Bonchev–Trinajstić information content (AvgIpc) is 2.35. The van der Waals surface area contributed by atoms with Crippen molar-refractivity contribution in [2.75, 3.05) is 26.2 Å². The van der Waals surface area contributed by atoms with Gasteiger partial charge in [-0.15, -0.1) is 0 Å². The van der Waals surface area contributed by atoms with Gasteiger partial charge in [0.2, 0.25) is 0 Å². The van der Waals surface area contributed by atoms with Crippen molar-refractivity contribution in [2.45, 2.75) is 39.4 Å². The molecule has 2 atom stereocenters. The Balaban J connectivity index is 1.77. The van der Waals surface area contributed by atoms with Gasteiger partial charge in [-0.25, -0.2) is 0 Å². The molecule has 5 heteroatoms. The van der Waals surface area contributed by atoms with Crippen LogP contribution in [0.3, 0.4) is 0 Å². The van der Waals surface area contributed by atoms with Gasteiger partial charge in [0.25, 0.3) is 0 Å². The summed E-state index contributed by atoms with van der Waals surface area (Å²) in [6.07, 6.45) is 1.72. The predicted molar refractivity (Wildman–Crippen MR) is 89.6 cm³/mol. The van der Waals surface area contributed by atoms with E-state index in [1.165, 1.54) is 0 Å². The second kappa shape index (κ2) is 7.82. The quantitative estimate of drug-likeness (QED) is 0.797. The summed E-state index contributed by atoms with van der Waals surface area (Å²) >= 11 is 9.74. The summed E-state index contributed by atoms with van der Waals surface area (Å²) in [4.78, 5) is 1.60. The van der Waals surface area contributed by atoms with E-state index in [1.807, 2.05) is 19.1 Å². The van der Waals surface area contributed by atoms with Crippen molar-refractivity contribution in [2.24, 2.45) is 0 Å². The van der Waals surface area contributed by atoms with Crippen LogP contribution in [-0.4, -0.2) is 38.4 Å². The summed E-state index contributed by atoms with van der Waals surface area (Å²) in [5.41, 5.74) is 1.12. The maximum Gasteiger partial charge on any atom is 0.152 e. The largest absolute Gasteiger partial charge is 0.491 e. The third-order valence-electron chi connectivity index (χ3n) is 3.68. The van der Waals surface area contributed by atoms with Gasteiger partial charge >= 0.3 is 0 Å². The number of halogens is 2. The van der Waals surface area contributed by atoms with Crippen molar-refractivity contribution in [3.63, 3.8) is 0 Å². The highest BCUT2D eigenvalue weighted by molar-refractivity contribution is 9.10. The molecule has 2 rings (SSSR count). The van der Waals surface area contributed by atoms with E-state index in [0.717, 1.165) is 41.8 Å². The van der Waals surface area contributed by atoms with Crippen LogP contribution in [-0.2, 0) is 4.74 Å². The van der Waals surface area contributed by atoms with E-state index in [0.29, 0.717) is 23.8 Å². The van der Waals surface area contributed by atoms with Crippen LogP contribution in [0.2, 0.25) is 5.02 Å². The van der Waals surface area contributed by atoms with E-state index in [4.69, 9.17) is 21.1 Å². The van der Waals surface area contributed by atoms with Gasteiger partial charge in [-0.2, -0.15) is 0 Å². The fourth-order valence-corrected chi connectivity index (χ4v) is 4.05. The summed E-state index contributed by atoms with van der Waals surface area (Å²) in [5, 5.41) is 0.669. The number of hydrogen-bond acceptors (Lipinski definition) is 2. The van der Waals surface area contributed by atoms with Gasteiger partial charge in [0, 0.05) is 6.42 Å². The lowest BCUT2D eigenvalue weighted by Gasteiger charge is -2.32. The molecule has 1 N–H and O–H groups in total. The molecule has 118 valence electrons. The molecular formula is C16H24BrClNO2+. The van der Waals surface area contributed by atoms with Gasteiger partial charge in [-0.1, -0.05) is 11.6 Å². The van der Waals surface area contributed by atoms with Crippen molar-refractivity contribution >= 4 is 27.5 Å². The fourth-order valence-electron chi connectivity index (χ4n) is 2.91. The minimum absolute atomic E-state index is 0.352. The Hall–Kier alpha value is -0.290. The lowest BCUT2D eigenvalue weighted by molar-refractivity contribution is -0.915. The second-order valence-corrected chi connectivity index (χ2v) is 7.19. The van der Waals surface area contributed by atoms with Gasteiger partial charge in [-0.05, 0) is 54.4 Å². The highest BCUT2D eigenvalue weighted by atomic mass is 79.9. The van der Waals surface area contributed by atoms with Gasteiger partial charge in [0.15, 0.2) is 5.75 Å². The van der Waals surface area contributed by atoms with Crippen LogP contribution in [0.5, 0.6) is 5.75 Å². The molecule has 1 fully saturated rings. The minimum Gasteiger partial charge on any atom is -0.491 e. The van der Waals surface area contributed by atoms with E-state index < -0.39 is 0 Å². The number of aryl methyl sites for hydroxylation is 1. The predicted octanol–water partition coefficient (Wildman–Crippen LogP) is 2.87. The molecule has 0 aliphatic carbocycles. The zero-order valence-corrected chi connectivity index (χ0v) is 15.3. The molecular weight excluding hydrogens is 354 g/mol. The molecule has 3 nitrogen and oxygen atoms in total. The number of quaternary nitrogens is 1. The van der Waals surface area contributed by atoms with Crippen molar-refractivity contribution in [3.05, 3.63) is 27.2 Å². The minimum atomic E-state index is 0.352. The number of rotatable bonds is 5. The summed E-state index contributed by atoms with van der Waals surface area (Å²) in [7, 11) is 0. The lowest BCUT2D eigenvalue weighted by atomic mass is 10.2. The molecule has 1 aliphatic rings. The normalized spacial score (nSPS) is 25.9. The lowest BCUT2D eigenvalue weighted by Crippen LogP contribution is -3.15. The van der Waals surface area contributed by atoms with E-state index in [1.54, 1.807) is 4.90 Å². The highest BCUT2D eigenvalue weighted by Gasteiger charge is 2.24. The van der Waals surface area contributed by atoms with Crippen LogP contribution in [0.1, 0.15) is 25.8 Å². The third-order valence-corrected chi connectivity index (χ3v) is 4.55. The SMILES string of the molecule is Cc1cc(Cl)c(OCCC[NH+]2C[C@@H](C)O[C@H](C)C2)c(Br)c1. The standard InChI is InChI=1S/C16H23BrClNO2/c1-11-7-14(17)16(15(18)8-11)20-6-4-5-19-9-12(2)21-13(3)10-19/h7-8,12-13H,4-6,9-10H2,1-3H3/p+1/t12-,13-/m1/s1. The first-order chi connectivity index (χ1) is 9.95. The van der Waals surface area contributed by atoms with Gasteiger partial charge < -0.3 is 14.4 Å². The topological polar surface area (TPSA) is 22.9 Å². The maximum absolute atomic E-state index is 6.22. The number of hydrogen-bond donors (Lipinski definition) is 1. The fraction of sp³-hybridized carbons (Fsp3) is 0.625. The van der Waals surface area contributed by atoms with Crippen LogP contribution in [0.4, 0.5) is 0 Å². The summed E-state index contributed by atoms with van der Waals surface area (Å²) in [5.74, 6) is 0.751. The number of ether oxygens (including phenoxy) is 2. The van der Waals surface area contributed by atoms with Crippen LogP contribution < -0.4 is 9.64 Å². The van der Waals surface area contributed by atoms with E-state index in [-0.39, 0.29) is 0 Å². The van der Waals surface area contributed by atoms with Crippen LogP contribution in [0.25, 0.3) is 0 Å². The molecule has 1 heterocycles. The Morgan fingerprint density at radius 3 is 2.62 bits per heavy atom. The second-order valence-electron chi connectivity index (χ2n) is 5.93. The summed E-state index contributed by atoms with van der Waals surface area (Å²) < 4.78 is 12.5. The van der Waals surface area contributed by atoms with Crippen molar-refractivity contribution in [1.29, 1.82) is 0 Å². The first-order valence-electron chi connectivity index (χ1n) is 7.53. The van der Waals surface area contributed by atoms with Crippen molar-refractivity contribution in [1.82, 2.24) is 0 Å². The average molecular weight is 378 g/mol. The molecule has 1 saturated heterocycles. The molecule has 0 amide bonds. The summed E-state index contributed by atoms with van der Waals surface area (Å²) in [6.45, 7) is 10.3. The summed E-state index contributed by atoms with van der Waals surface area (Å²) in [6, 6.07) is 3.95. The molecule has 0 radical (unpaired) electrons. The van der Waals surface area contributed by atoms with E-state index in [9.17, 15) is 0 Å². The Labute approximate surface area is 140 Å². The third kappa shape index (κ3) is 5.13. The molecule has 0 saturated carbocycles. The van der Waals surface area contributed by atoms with Crippen molar-refractivity contribution in [3.8, 4) is 5.75 Å². The number of morpholine rings is 1.